The molecule has 0 spiro atoms. The third-order valence-corrected chi connectivity index (χ3v) is 4.60. The van der Waals surface area contributed by atoms with Gasteiger partial charge in [-0.25, -0.2) is 19.9 Å². The Morgan fingerprint density at radius 2 is 1.50 bits per heavy atom. The molecule has 2 aromatic heterocycles. The van der Waals surface area contributed by atoms with Gasteiger partial charge in [0.05, 0.1) is 22.4 Å². The summed E-state index contributed by atoms with van der Waals surface area (Å²) in [6.07, 6.45) is 0. The van der Waals surface area contributed by atoms with E-state index in [4.69, 9.17) is 4.74 Å². The highest BCUT2D eigenvalue weighted by Gasteiger charge is 2.10. The number of amides is 1. The first-order valence-corrected chi connectivity index (χ1v) is 9.54. The zero-order valence-electron chi connectivity index (χ0n) is 17.2. The summed E-state index contributed by atoms with van der Waals surface area (Å²) in [6.45, 7) is 7.59. The molecule has 0 bridgehead atoms. The highest BCUT2D eigenvalue weighted by atomic mass is 16.5. The molecule has 0 saturated heterocycles. The summed E-state index contributed by atoms with van der Waals surface area (Å²) in [4.78, 5) is 30.3. The van der Waals surface area contributed by atoms with E-state index in [0.29, 0.717) is 22.5 Å². The van der Waals surface area contributed by atoms with Gasteiger partial charge in [-0.1, -0.05) is 6.07 Å². The second-order valence-corrected chi connectivity index (χ2v) is 7.12. The first-order valence-electron chi connectivity index (χ1n) is 9.54. The minimum atomic E-state index is -0.239. The number of nitrogens with zero attached hydrogens (tertiary/aromatic N) is 4. The number of aromatic nitrogens is 4. The van der Waals surface area contributed by atoms with Gasteiger partial charge >= 0.3 is 6.01 Å². The molecule has 0 aliphatic carbocycles. The van der Waals surface area contributed by atoms with E-state index in [1.807, 2.05) is 33.8 Å². The summed E-state index contributed by atoms with van der Waals surface area (Å²) in [5, 5.41) is 2.89. The van der Waals surface area contributed by atoms with Gasteiger partial charge in [0.25, 0.3) is 5.91 Å². The Morgan fingerprint density at radius 3 is 2.23 bits per heavy atom. The molecule has 4 rings (SSSR count). The van der Waals surface area contributed by atoms with E-state index in [1.54, 1.807) is 42.5 Å². The third kappa shape index (κ3) is 4.25. The fraction of sp³-hybridized carbons (Fsp3) is 0.174. The molecule has 0 atom stereocenters. The van der Waals surface area contributed by atoms with Gasteiger partial charge in [-0.15, -0.1) is 0 Å². The molecule has 1 N–H and O–H groups in total. The number of aryl methyl sites for hydroxylation is 4. The van der Waals surface area contributed by atoms with Gasteiger partial charge in [-0.05, 0) is 64.1 Å². The monoisotopic (exact) mass is 399 g/mol. The van der Waals surface area contributed by atoms with Crippen LogP contribution >= 0.6 is 0 Å². The topological polar surface area (TPSA) is 89.9 Å². The van der Waals surface area contributed by atoms with Crippen molar-refractivity contribution >= 4 is 22.6 Å². The molecule has 1 amide bonds. The molecule has 0 unspecified atom stereocenters. The second kappa shape index (κ2) is 7.87. The number of nitrogens with one attached hydrogen (secondary N) is 1. The smallest absolute Gasteiger partial charge is 0.322 e. The van der Waals surface area contributed by atoms with E-state index >= 15 is 0 Å². The molecule has 150 valence electrons. The first kappa shape index (κ1) is 19.4. The lowest BCUT2D eigenvalue weighted by atomic mass is 10.1. The number of hydrogen-bond acceptors (Lipinski definition) is 6. The fourth-order valence-electron chi connectivity index (χ4n) is 3.06. The van der Waals surface area contributed by atoms with E-state index in [2.05, 4.69) is 25.3 Å². The number of anilines is 1. The number of ether oxygens (including phenoxy) is 1. The van der Waals surface area contributed by atoms with Crippen LogP contribution in [0.15, 0.2) is 48.5 Å². The second-order valence-electron chi connectivity index (χ2n) is 7.12. The van der Waals surface area contributed by atoms with Gasteiger partial charge in [0, 0.05) is 28.7 Å². The molecule has 2 heterocycles. The van der Waals surface area contributed by atoms with Crippen LogP contribution in [-0.4, -0.2) is 25.8 Å². The van der Waals surface area contributed by atoms with Crippen LogP contribution < -0.4 is 10.1 Å². The van der Waals surface area contributed by atoms with E-state index in [-0.39, 0.29) is 11.9 Å². The van der Waals surface area contributed by atoms with Crippen LogP contribution in [0.5, 0.6) is 11.8 Å². The quantitative estimate of drug-likeness (QED) is 0.535. The Labute approximate surface area is 174 Å². The molecule has 0 radical (unpaired) electrons. The Bertz CT molecular complexity index is 1250. The summed E-state index contributed by atoms with van der Waals surface area (Å²) in [7, 11) is 0. The molecule has 7 nitrogen and oxygen atoms in total. The van der Waals surface area contributed by atoms with Gasteiger partial charge < -0.3 is 10.1 Å². The number of fused-ring (bicyclic) bond motifs is 1. The van der Waals surface area contributed by atoms with Crippen molar-refractivity contribution in [2.24, 2.45) is 0 Å². The van der Waals surface area contributed by atoms with Crippen LogP contribution in [0.1, 0.15) is 33.1 Å². The number of carbonyl (C=O) groups is 1. The van der Waals surface area contributed by atoms with Crippen molar-refractivity contribution in [2.45, 2.75) is 27.7 Å². The number of hydrogen-bond donors (Lipinski definition) is 1. The molecule has 4 aromatic rings. The van der Waals surface area contributed by atoms with Crippen molar-refractivity contribution in [3.05, 3.63) is 76.9 Å². The molecule has 7 heteroatoms. The predicted molar refractivity (Wildman–Crippen MR) is 115 cm³/mol. The summed E-state index contributed by atoms with van der Waals surface area (Å²) < 4.78 is 5.76. The molecule has 0 fully saturated rings. The predicted octanol–water partition coefficient (Wildman–Crippen LogP) is 4.70. The molecule has 0 saturated carbocycles. The Balaban J connectivity index is 1.54. The third-order valence-electron chi connectivity index (χ3n) is 4.60. The number of benzene rings is 2. The van der Waals surface area contributed by atoms with Gasteiger partial charge in [-0.3, -0.25) is 4.79 Å². The Morgan fingerprint density at radius 1 is 0.800 bits per heavy atom. The molecule has 2 aromatic carbocycles. The van der Waals surface area contributed by atoms with Crippen molar-refractivity contribution in [3.63, 3.8) is 0 Å². The highest BCUT2D eigenvalue weighted by Crippen LogP contribution is 2.23. The van der Waals surface area contributed by atoms with Gasteiger partial charge in [0.1, 0.15) is 5.75 Å². The van der Waals surface area contributed by atoms with Crippen LogP contribution in [-0.2, 0) is 0 Å². The molecule has 30 heavy (non-hydrogen) atoms. The summed E-state index contributed by atoms with van der Waals surface area (Å²) in [5.74, 6) is 0.296. The Kier molecular flexibility index (Phi) is 5.10. The van der Waals surface area contributed by atoms with Crippen molar-refractivity contribution in [2.75, 3.05) is 5.32 Å². The number of carbonyl (C=O) groups excluding carboxylic acids is 1. The molecular weight excluding hydrogens is 378 g/mol. The number of rotatable bonds is 4. The summed E-state index contributed by atoms with van der Waals surface area (Å²) in [6, 6.07) is 14.5. The minimum absolute atomic E-state index is 0.239. The lowest BCUT2D eigenvalue weighted by molar-refractivity contribution is 0.102. The Hall–Kier alpha value is -3.87. The van der Waals surface area contributed by atoms with Crippen LogP contribution in [0, 0.1) is 27.7 Å². The highest BCUT2D eigenvalue weighted by molar-refractivity contribution is 6.06. The summed E-state index contributed by atoms with van der Waals surface area (Å²) >= 11 is 0. The standard InChI is InChI=1S/C23H21N5O2/c1-13-10-14(2)25-23(24-13)30-19-7-5-6-18(12-19)28-22(29)17-8-9-20-21(11-17)27-16(4)15(3)26-20/h5-12H,1-4H3,(H,28,29). The van der Waals surface area contributed by atoms with Crippen LogP contribution in [0.4, 0.5) is 5.69 Å². The SMILES string of the molecule is Cc1cc(C)nc(Oc2cccc(NC(=O)c3ccc4nc(C)c(C)nc4c3)c2)n1. The van der Waals surface area contributed by atoms with Gasteiger partial charge in [-0.2, -0.15) is 0 Å². The maximum Gasteiger partial charge on any atom is 0.322 e. The van der Waals surface area contributed by atoms with E-state index in [1.165, 1.54) is 0 Å². The lowest BCUT2D eigenvalue weighted by Gasteiger charge is -2.09. The van der Waals surface area contributed by atoms with E-state index in [9.17, 15) is 4.79 Å². The van der Waals surface area contributed by atoms with Crippen molar-refractivity contribution in [1.82, 2.24) is 19.9 Å². The van der Waals surface area contributed by atoms with Crippen molar-refractivity contribution < 1.29 is 9.53 Å². The average Bonchev–Trinajstić information content (AvgIpc) is 2.68. The van der Waals surface area contributed by atoms with Crippen molar-refractivity contribution in [1.29, 1.82) is 0 Å². The van der Waals surface area contributed by atoms with Crippen LogP contribution in [0.3, 0.4) is 0 Å². The largest absolute Gasteiger partial charge is 0.424 e. The van der Waals surface area contributed by atoms with Gasteiger partial charge in [0.2, 0.25) is 0 Å². The maximum atomic E-state index is 12.7. The van der Waals surface area contributed by atoms with Crippen LogP contribution in [0.25, 0.3) is 11.0 Å². The molecule has 0 aliphatic heterocycles. The van der Waals surface area contributed by atoms with E-state index in [0.717, 1.165) is 28.3 Å². The maximum absolute atomic E-state index is 12.7. The van der Waals surface area contributed by atoms with Crippen LogP contribution in [0.2, 0.25) is 0 Å². The zero-order valence-corrected chi connectivity index (χ0v) is 17.2. The fourth-order valence-corrected chi connectivity index (χ4v) is 3.06. The van der Waals surface area contributed by atoms with Crippen molar-refractivity contribution in [3.8, 4) is 11.8 Å². The summed E-state index contributed by atoms with van der Waals surface area (Å²) in [5.41, 5.74) is 5.94. The molecule has 0 aliphatic rings. The zero-order chi connectivity index (χ0) is 21.3. The van der Waals surface area contributed by atoms with Gasteiger partial charge in [0.15, 0.2) is 0 Å². The minimum Gasteiger partial charge on any atom is -0.424 e. The average molecular weight is 399 g/mol. The normalized spacial score (nSPS) is 10.8. The molecular formula is C23H21N5O2. The van der Waals surface area contributed by atoms with E-state index < -0.39 is 0 Å². The lowest BCUT2D eigenvalue weighted by Crippen LogP contribution is -2.12. The first-order chi connectivity index (χ1) is 14.4.